The molecule has 11 heteroatoms. The van der Waals surface area contributed by atoms with Gasteiger partial charge in [-0.25, -0.2) is 14.8 Å². The van der Waals surface area contributed by atoms with Crippen molar-refractivity contribution < 1.29 is 33.3 Å². The predicted octanol–water partition coefficient (Wildman–Crippen LogP) is 13.6. The van der Waals surface area contributed by atoms with Gasteiger partial charge in [-0.05, 0) is 149 Å². The van der Waals surface area contributed by atoms with Crippen LogP contribution < -0.4 is 19.2 Å². The van der Waals surface area contributed by atoms with Gasteiger partial charge in [-0.2, -0.15) is 5.10 Å². The summed E-state index contributed by atoms with van der Waals surface area (Å²) >= 11 is 1.65. The zero-order chi connectivity index (χ0) is 45.6. The van der Waals surface area contributed by atoms with Crippen LogP contribution in [0.3, 0.4) is 0 Å². The first-order chi connectivity index (χ1) is 31.8. The van der Waals surface area contributed by atoms with Gasteiger partial charge in [0.25, 0.3) is 0 Å². The van der Waals surface area contributed by atoms with Crippen LogP contribution in [0, 0.1) is 17.8 Å². The van der Waals surface area contributed by atoms with Crippen LogP contribution in [0.5, 0.6) is 17.2 Å². The fourth-order valence-electron chi connectivity index (χ4n) is 9.01. The first-order valence-electron chi connectivity index (χ1n) is 24.6. The van der Waals surface area contributed by atoms with E-state index in [0.29, 0.717) is 62.1 Å². The molecule has 10 nitrogen and oxygen atoms in total. The highest BCUT2D eigenvalue weighted by Crippen LogP contribution is 2.40. The highest BCUT2D eigenvalue weighted by atomic mass is 32.1. The molecule has 0 bridgehead atoms. The number of carbonyl (C=O) groups is 3. The minimum atomic E-state index is -0.391. The number of anilines is 1. The van der Waals surface area contributed by atoms with Crippen molar-refractivity contribution in [2.24, 2.45) is 22.9 Å². The van der Waals surface area contributed by atoms with Gasteiger partial charge in [0.1, 0.15) is 17.2 Å². The van der Waals surface area contributed by atoms with Crippen LogP contribution in [-0.4, -0.2) is 48.9 Å². The Morgan fingerprint density at radius 1 is 0.738 bits per heavy atom. The van der Waals surface area contributed by atoms with Crippen LogP contribution in [0.15, 0.2) is 84.5 Å². The van der Waals surface area contributed by atoms with Crippen LogP contribution in [-0.2, 0) is 19.1 Å². The Balaban J connectivity index is 1.04. The third-order valence-corrected chi connectivity index (χ3v) is 14.0. The van der Waals surface area contributed by atoms with E-state index in [-0.39, 0.29) is 23.8 Å². The molecule has 2 aliphatic carbocycles. The van der Waals surface area contributed by atoms with Gasteiger partial charge in [-0.3, -0.25) is 9.59 Å². The minimum Gasteiger partial charge on any atom is -0.494 e. The molecule has 2 saturated carbocycles. The lowest BCUT2D eigenvalue weighted by Gasteiger charge is -2.29. The number of ether oxygens (including phenoxy) is 4. The topological polar surface area (TPSA) is 117 Å². The molecule has 65 heavy (non-hydrogen) atoms. The van der Waals surface area contributed by atoms with Crippen molar-refractivity contribution in [2.45, 2.75) is 148 Å². The molecule has 0 saturated heterocycles. The summed E-state index contributed by atoms with van der Waals surface area (Å²) in [5, 5.41) is 7.95. The van der Waals surface area contributed by atoms with Gasteiger partial charge in [0, 0.05) is 18.2 Å². The Morgan fingerprint density at radius 3 is 2.11 bits per heavy atom. The molecule has 0 radical (unpaired) electrons. The zero-order valence-electron chi connectivity index (χ0n) is 38.9. The van der Waals surface area contributed by atoms with Crippen molar-refractivity contribution in [3.8, 4) is 17.2 Å². The van der Waals surface area contributed by atoms with Gasteiger partial charge in [0.05, 0.1) is 41.5 Å². The van der Waals surface area contributed by atoms with E-state index in [0.717, 1.165) is 78.3 Å². The number of hydrazone groups is 1. The minimum absolute atomic E-state index is 0.265. The number of hydrogen-bond acceptors (Lipinski definition) is 11. The molecule has 0 unspecified atom stereocenters. The summed E-state index contributed by atoms with van der Waals surface area (Å²) in [5.74, 6) is 1.46. The molecule has 350 valence electrons. The first kappa shape index (κ1) is 49.4. The Labute approximate surface area is 391 Å². The SMILES string of the molecule is C=CC(=O)OCCCCCCOc1ccc(OC(=O)C2CCC(C(=O)Oc3ccc(C4CCC(CCCCC)CC4)cc3/C=N/N(CCCCCC)c3nc4ccccc4s3)CC2)cc1. The van der Waals surface area contributed by atoms with E-state index in [1.165, 1.54) is 69.4 Å². The van der Waals surface area contributed by atoms with Crippen LogP contribution in [0.25, 0.3) is 10.2 Å². The number of fused-ring (bicyclic) bond motifs is 1. The largest absolute Gasteiger partial charge is 0.494 e. The van der Waals surface area contributed by atoms with E-state index in [9.17, 15) is 14.4 Å². The van der Waals surface area contributed by atoms with Gasteiger partial charge in [-0.15, -0.1) is 0 Å². The van der Waals surface area contributed by atoms with Crippen molar-refractivity contribution in [1.82, 2.24) is 4.98 Å². The first-order valence-corrected chi connectivity index (χ1v) is 25.4. The summed E-state index contributed by atoms with van der Waals surface area (Å²) in [6, 6.07) is 21.6. The van der Waals surface area contributed by atoms with Crippen molar-refractivity contribution in [3.05, 3.63) is 90.5 Å². The summed E-state index contributed by atoms with van der Waals surface area (Å²) in [4.78, 5) is 43.2. The number of aromatic nitrogens is 1. The molecule has 0 amide bonds. The smallest absolute Gasteiger partial charge is 0.330 e. The summed E-state index contributed by atoms with van der Waals surface area (Å²) in [5.41, 5.74) is 3.05. The number of hydrogen-bond donors (Lipinski definition) is 0. The summed E-state index contributed by atoms with van der Waals surface area (Å²) in [6.07, 6.45) is 23.5. The Morgan fingerprint density at radius 2 is 1.40 bits per heavy atom. The monoisotopic (exact) mass is 906 g/mol. The second-order valence-corrected chi connectivity index (χ2v) is 18.9. The number of para-hydroxylation sites is 1. The summed E-state index contributed by atoms with van der Waals surface area (Å²) in [6.45, 7) is 9.61. The number of nitrogens with zero attached hydrogens (tertiary/aromatic N) is 3. The van der Waals surface area contributed by atoms with Crippen molar-refractivity contribution in [1.29, 1.82) is 0 Å². The average Bonchev–Trinajstić information content (AvgIpc) is 3.77. The Bertz CT molecular complexity index is 2080. The fourth-order valence-corrected chi connectivity index (χ4v) is 9.96. The number of unbranched alkanes of at least 4 members (excludes halogenated alkanes) is 8. The summed E-state index contributed by atoms with van der Waals surface area (Å²) < 4.78 is 24.0. The van der Waals surface area contributed by atoms with Crippen molar-refractivity contribution in [3.63, 3.8) is 0 Å². The molecular weight excluding hydrogens is 835 g/mol. The maximum absolute atomic E-state index is 13.9. The standard InChI is InChI=1S/C54H71N3O7S/c1-4-7-9-15-35-57(54-56-48-19-13-14-20-50(48)65-54)55-39-45-38-44(41-23-21-40(22-24-41)18-12-8-5-2)29-34-49(45)64-53(60)43-27-25-42(26-28-43)52(59)63-47-32-30-46(31-33-47)61-36-16-10-11-17-37-62-51(58)6-3/h6,13-14,19-20,29-34,38-43H,3-5,7-12,15-18,21-28,35-37H2,1-2H3/b55-39+. The zero-order valence-corrected chi connectivity index (χ0v) is 39.7. The van der Waals surface area contributed by atoms with Gasteiger partial charge in [-0.1, -0.05) is 94.9 Å². The second kappa shape index (κ2) is 26.8. The van der Waals surface area contributed by atoms with Crippen molar-refractivity contribution >= 4 is 50.8 Å². The lowest BCUT2D eigenvalue weighted by atomic mass is 9.77. The van der Waals surface area contributed by atoms with E-state index < -0.39 is 5.97 Å². The maximum atomic E-state index is 13.9. The van der Waals surface area contributed by atoms with Gasteiger partial charge in [0.15, 0.2) is 0 Å². The molecule has 4 aromatic rings. The highest BCUT2D eigenvalue weighted by Gasteiger charge is 2.33. The summed E-state index contributed by atoms with van der Waals surface area (Å²) in [7, 11) is 0. The lowest BCUT2D eigenvalue weighted by molar-refractivity contribution is -0.145. The van der Waals surface area contributed by atoms with E-state index in [1.807, 2.05) is 47.6 Å². The Hall–Kier alpha value is -5.03. The number of benzene rings is 3. The van der Waals surface area contributed by atoms with E-state index >= 15 is 0 Å². The highest BCUT2D eigenvalue weighted by molar-refractivity contribution is 7.22. The number of thiazole rings is 1. The van der Waals surface area contributed by atoms with Crippen LogP contribution >= 0.6 is 11.3 Å². The molecule has 1 aromatic heterocycles. The molecule has 2 fully saturated rings. The van der Waals surface area contributed by atoms with Crippen LogP contribution in [0.1, 0.15) is 159 Å². The third-order valence-electron chi connectivity index (χ3n) is 13.0. The third kappa shape index (κ3) is 15.8. The average molecular weight is 906 g/mol. The molecule has 2 aliphatic rings. The maximum Gasteiger partial charge on any atom is 0.330 e. The molecule has 6 rings (SSSR count). The Kier molecular flexibility index (Phi) is 20.4. The molecule has 0 atom stereocenters. The van der Waals surface area contributed by atoms with E-state index in [1.54, 1.807) is 23.5 Å². The van der Waals surface area contributed by atoms with E-state index in [2.05, 4.69) is 38.6 Å². The molecule has 1 heterocycles. The normalized spacial score (nSPS) is 18.6. The molecular formula is C54H71N3O7S. The number of carbonyl (C=O) groups excluding carboxylic acids is 3. The fraction of sp³-hybridized carbons (Fsp3) is 0.537. The number of rotatable bonds is 26. The van der Waals surface area contributed by atoms with E-state index in [4.69, 9.17) is 29.0 Å². The predicted molar refractivity (Wildman–Crippen MR) is 262 cm³/mol. The second-order valence-electron chi connectivity index (χ2n) is 17.9. The molecule has 0 spiro atoms. The molecule has 3 aromatic carbocycles. The quantitative estimate of drug-likeness (QED) is 0.0152. The van der Waals surface area contributed by atoms with Gasteiger partial charge >= 0.3 is 17.9 Å². The van der Waals surface area contributed by atoms with Crippen LogP contribution in [0.2, 0.25) is 0 Å². The van der Waals surface area contributed by atoms with Crippen LogP contribution in [0.4, 0.5) is 5.13 Å². The van der Waals surface area contributed by atoms with Gasteiger partial charge < -0.3 is 18.9 Å². The molecule has 0 aliphatic heterocycles. The van der Waals surface area contributed by atoms with Gasteiger partial charge in [0.2, 0.25) is 5.13 Å². The lowest BCUT2D eigenvalue weighted by Crippen LogP contribution is -2.30. The number of esters is 3. The van der Waals surface area contributed by atoms with Crippen molar-refractivity contribution in [2.75, 3.05) is 24.8 Å². The molecule has 0 N–H and O–H groups in total.